The summed E-state index contributed by atoms with van der Waals surface area (Å²) in [5, 5.41) is 0. The van der Waals surface area contributed by atoms with Gasteiger partial charge in [0.2, 0.25) is 0 Å². The number of hydrogen-bond donors (Lipinski definition) is 0. The Morgan fingerprint density at radius 1 is 0.750 bits per heavy atom. The van der Waals surface area contributed by atoms with Crippen LogP contribution in [-0.2, 0) is 4.74 Å². The lowest BCUT2D eigenvalue weighted by molar-refractivity contribution is -0.906. The molecule has 0 bridgehead atoms. The minimum absolute atomic E-state index is 0.909. The molecule has 2 nitrogen and oxygen atoms in total. The normalized spacial score (nSPS) is 10.9. The lowest BCUT2D eigenvalue weighted by Gasteiger charge is -2.31. The van der Waals surface area contributed by atoms with Crippen molar-refractivity contribution in [2.45, 2.75) is 53.9 Å². The van der Waals surface area contributed by atoms with Gasteiger partial charge in [-0.15, -0.1) is 0 Å². The molecule has 0 spiro atoms. The largest absolute Gasteiger partial charge is 0.376 e. The smallest absolute Gasteiger partial charge is 0.102 e. The molecule has 0 aliphatic heterocycles. The maximum atomic E-state index is 5.47. The quantitative estimate of drug-likeness (QED) is 0.458. The van der Waals surface area contributed by atoms with Gasteiger partial charge in [-0.1, -0.05) is 33.6 Å². The molecule has 2 heteroatoms. The highest BCUT2D eigenvalue weighted by Gasteiger charge is 2.14. The fourth-order valence-electron chi connectivity index (χ4n) is 1.07. The van der Waals surface area contributed by atoms with Crippen molar-refractivity contribution in [1.82, 2.24) is 0 Å². The number of nitrogens with zero attached hydrogens (tertiary/aromatic N) is 1. The van der Waals surface area contributed by atoms with E-state index in [9.17, 15) is 0 Å². The van der Waals surface area contributed by atoms with Crippen LogP contribution in [0.15, 0.2) is 0 Å². The van der Waals surface area contributed by atoms with Gasteiger partial charge in [-0.2, -0.15) is 0 Å². The molecule has 16 heavy (non-hydrogen) atoms. The van der Waals surface area contributed by atoms with Gasteiger partial charge < -0.3 is 9.22 Å². The molecule has 0 aliphatic carbocycles. The van der Waals surface area contributed by atoms with Crippen LogP contribution in [0.25, 0.3) is 0 Å². The summed E-state index contributed by atoms with van der Waals surface area (Å²) in [7, 11) is 2.29. The van der Waals surface area contributed by atoms with E-state index >= 15 is 0 Å². The van der Waals surface area contributed by atoms with Crippen LogP contribution >= 0.6 is 0 Å². The van der Waals surface area contributed by atoms with E-state index < -0.39 is 0 Å². The molecule has 0 amide bonds. The number of hydrogen-bond acceptors (Lipinski definition) is 1. The Bertz CT molecular complexity index is 120. The molecule has 0 atom stereocenters. The third-order valence-electron chi connectivity index (χ3n) is 3.15. The number of rotatable bonds is 8. The summed E-state index contributed by atoms with van der Waals surface area (Å²) in [5.74, 6) is 0. The zero-order valence-electron chi connectivity index (χ0n) is 12.5. The average molecular weight is 232 g/mol. The van der Waals surface area contributed by atoms with Crippen LogP contribution in [0.3, 0.4) is 0 Å². The van der Waals surface area contributed by atoms with Gasteiger partial charge >= 0.3 is 0 Å². The first-order valence-electron chi connectivity index (χ1n) is 7.01. The summed E-state index contributed by atoms with van der Waals surface area (Å²) in [6, 6.07) is 0. The van der Waals surface area contributed by atoms with E-state index in [1.54, 1.807) is 0 Å². The Morgan fingerprint density at radius 3 is 1.56 bits per heavy atom. The second-order valence-corrected chi connectivity index (χ2v) is 4.59. The van der Waals surface area contributed by atoms with Gasteiger partial charge in [0.05, 0.1) is 26.7 Å². The number of unbranched alkanes of at least 4 members (excludes halogenated alkanes) is 1. The standard InChI is InChI=1S/C10H24NO.C4H10/c1-5-9-12-10-8-11(4,6-2)7-3;1-3-4-2/h5-10H2,1-4H3;3-4H2,1-2H3/q+1;. The Hall–Kier alpha value is -0.0800. The molecule has 0 rings (SSSR count). The van der Waals surface area contributed by atoms with Gasteiger partial charge in [0, 0.05) is 6.61 Å². The number of quaternary nitrogens is 1. The van der Waals surface area contributed by atoms with E-state index in [0.29, 0.717) is 0 Å². The van der Waals surface area contributed by atoms with Crippen LogP contribution in [0, 0.1) is 0 Å². The molecule has 100 valence electrons. The second-order valence-electron chi connectivity index (χ2n) is 4.59. The summed E-state index contributed by atoms with van der Waals surface area (Å²) in [6.07, 6.45) is 3.77. The Balaban J connectivity index is 0. The van der Waals surface area contributed by atoms with E-state index in [1.807, 2.05) is 0 Å². The molecule has 0 aromatic rings. The lowest BCUT2D eigenvalue weighted by Crippen LogP contribution is -2.45. The first-order valence-corrected chi connectivity index (χ1v) is 7.01. The third kappa shape index (κ3) is 12.0. The van der Waals surface area contributed by atoms with Crippen molar-refractivity contribution in [1.29, 1.82) is 0 Å². The first-order chi connectivity index (χ1) is 7.60. The maximum absolute atomic E-state index is 5.47. The molecule has 0 aromatic heterocycles. The highest BCUT2D eigenvalue weighted by molar-refractivity contribution is 4.34. The van der Waals surface area contributed by atoms with Crippen molar-refractivity contribution in [3.05, 3.63) is 0 Å². The van der Waals surface area contributed by atoms with Crippen LogP contribution in [-0.4, -0.2) is 44.4 Å². The zero-order chi connectivity index (χ0) is 12.9. The minimum Gasteiger partial charge on any atom is -0.376 e. The highest BCUT2D eigenvalue weighted by Crippen LogP contribution is 2.00. The number of likely N-dealkylation sites (N-methyl/N-ethyl adjacent to an activating group) is 1. The zero-order valence-corrected chi connectivity index (χ0v) is 12.5. The summed E-state index contributed by atoms with van der Waals surface area (Å²) in [5.41, 5.74) is 0. The molecule has 0 saturated carbocycles. The highest BCUT2D eigenvalue weighted by atomic mass is 16.5. The fourth-order valence-corrected chi connectivity index (χ4v) is 1.07. The minimum atomic E-state index is 0.909. The van der Waals surface area contributed by atoms with Gasteiger partial charge in [0.1, 0.15) is 6.54 Å². The van der Waals surface area contributed by atoms with E-state index in [0.717, 1.165) is 30.7 Å². The van der Waals surface area contributed by atoms with Crippen LogP contribution < -0.4 is 0 Å². The van der Waals surface area contributed by atoms with E-state index in [1.165, 1.54) is 25.9 Å². The average Bonchev–Trinajstić information content (AvgIpc) is 2.34. The Morgan fingerprint density at radius 2 is 1.25 bits per heavy atom. The predicted octanol–water partition coefficient (Wildman–Crippen LogP) is 3.71. The van der Waals surface area contributed by atoms with Crippen molar-refractivity contribution in [3.8, 4) is 0 Å². The molecule has 0 heterocycles. The van der Waals surface area contributed by atoms with E-state index in [-0.39, 0.29) is 0 Å². The SMILES string of the molecule is CCCC.CCCOCC[N+](C)(CC)CC. The number of ether oxygens (including phenoxy) is 1. The Labute approximate surface area is 104 Å². The van der Waals surface area contributed by atoms with Crippen molar-refractivity contribution < 1.29 is 9.22 Å². The monoisotopic (exact) mass is 232 g/mol. The maximum Gasteiger partial charge on any atom is 0.102 e. The third-order valence-corrected chi connectivity index (χ3v) is 3.15. The summed E-state index contributed by atoms with van der Waals surface area (Å²) < 4.78 is 6.60. The van der Waals surface area contributed by atoms with Gasteiger partial charge in [0.15, 0.2) is 0 Å². The molecule has 0 saturated heterocycles. The fraction of sp³-hybridized carbons (Fsp3) is 1.00. The van der Waals surface area contributed by atoms with Crippen molar-refractivity contribution >= 4 is 0 Å². The van der Waals surface area contributed by atoms with Gasteiger partial charge in [-0.3, -0.25) is 0 Å². The topological polar surface area (TPSA) is 9.23 Å². The van der Waals surface area contributed by atoms with Crippen LogP contribution in [0.1, 0.15) is 53.9 Å². The van der Waals surface area contributed by atoms with Gasteiger partial charge in [0.25, 0.3) is 0 Å². The van der Waals surface area contributed by atoms with Crippen molar-refractivity contribution in [2.24, 2.45) is 0 Å². The second kappa shape index (κ2) is 13.0. The van der Waals surface area contributed by atoms with Crippen LogP contribution in [0.4, 0.5) is 0 Å². The molecular formula is C14H34NO+. The van der Waals surface area contributed by atoms with Gasteiger partial charge in [-0.05, 0) is 20.3 Å². The summed E-state index contributed by atoms with van der Waals surface area (Å²) in [4.78, 5) is 0. The first kappa shape index (κ1) is 18.3. The van der Waals surface area contributed by atoms with E-state index in [4.69, 9.17) is 4.74 Å². The molecule has 0 aliphatic rings. The van der Waals surface area contributed by atoms with Crippen LogP contribution in [0.5, 0.6) is 0 Å². The van der Waals surface area contributed by atoms with Crippen molar-refractivity contribution in [3.63, 3.8) is 0 Å². The summed E-state index contributed by atoms with van der Waals surface area (Å²) >= 11 is 0. The molecule has 0 unspecified atom stereocenters. The van der Waals surface area contributed by atoms with Crippen LogP contribution in [0.2, 0.25) is 0 Å². The molecule has 0 radical (unpaired) electrons. The summed E-state index contributed by atoms with van der Waals surface area (Å²) in [6.45, 7) is 16.4. The molecule has 0 aromatic carbocycles. The molecule has 0 fully saturated rings. The van der Waals surface area contributed by atoms with E-state index in [2.05, 4.69) is 41.7 Å². The lowest BCUT2D eigenvalue weighted by atomic mass is 10.4. The van der Waals surface area contributed by atoms with Crippen molar-refractivity contribution in [2.75, 3.05) is 39.9 Å². The molecule has 0 N–H and O–H groups in total. The molecular weight excluding hydrogens is 198 g/mol. The predicted molar refractivity (Wildman–Crippen MR) is 73.8 cm³/mol. The van der Waals surface area contributed by atoms with Gasteiger partial charge in [-0.25, -0.2) is 0 Å². The Kier molecular flexibility index (Phi) is 14.8.